The van der Waals surface area contributed by atoms with E-state index in [1.165, 1.54) is 6.07 Å². The summed E-state index contributed by atoms with van der Waals surface area (Å²) in [6.07, 6.45) is -3.23. The minimum Gasteiger partial charge on any atom is -0.349 e. The molecule has 124 valence electrons. The van der Waals surface area contributed by atoms with E-state index in [1.807, 2.05) is 13.8 Å². The Morgan fingerprint density at radius 1 is 1.27 bits per heavy atom. The molecular weight excluding hydrogens is 293 g/mol. The summed E-state index contributed by atoms with van der Waals surface area (Å²) >= 11 is 0. The maximum atomic E-state index is 12.7. The summed E-state index contributed by atoms with van der Waals surface area (Å²) < 4.78 is 38.2. The van der Waals surface area contributed by atoms with Crippen LogP contribution in [-0.4, -0.2) is 12.5 Å². The third-order valence-electron chi connectivity index (χ3n) is 4.29. The molecule has 6 heteroatoms. The zero-order valence-electron chi connectivity index (χ0n) is 13.1. The molecule has 1 aromatic rings. The maximum absolute atomic E-state index is 12.7. The molecule has 0 aliphatic heterocycles. The number of nitrogens with one attached hydrogen (secondary N) is 1. The fourth-order valence-electron chi connectivity index (χ4n) is 2.37. The second kappa shape index (κ2) is 7.13. The monoisotopic (exact) mass is 316 g/mol. The van der Waals surface area contributed by atoms with Gasteiger partial charge in [-0.3, -0.25) is 4.79 Å². The van der Waals surface area contributed by atoms with Crippen LogP contribution >= 0.6 is 0 Å². The molecule has 1 amide bonds. The molecule has 0 saturated carbocycles. The first-order valence-electron chi connectivity index (χ1n) is 7.38. The number of hydrogen-bond acceptors (Lipinski definition) is 2. The topological polar surface area (TPSA) is 55.1 Å². The first-order chi connectivity index (χ1) is 10.2. The van der Waals surface area contributed by atoms with Crippen LogP contribution in [0.15, 0.2) is 24.3 Å². The molecule has 0 heterocycles. The van der Waals surface area contributed by atoms with Crippen LogP contribution in [0.2, 0.25) is 0 Å². The summed E-state index contributed by atoms with van der Waals surface area (Å²) in [6.45, 7) is 5.64. The summed E-state index contributed by atoms with van der Waals surface area (Å²) in [6, 6.07) is 4.48. The molecule has 1 aromatic carbocycles. The lowest BCUT2D eigenvalue weighted by molar-refractivity contribution is -0.137. The van der Waals surface area contributed by atoms with Gasteiger partial charge in [0.15, 0.2) is 0 Å². The molecule has 1 rings (SSSR count). The SMILES string of the molecule is CCC(CC)(CN)C(=O)NC(C)c1cccc(C(F)(F)F)c1. The Morgan fingerprint density at radius 3 is 2.32 bits per heavy atom. The lowest BCUT2D eigenvalue weighted by atomic mass is 9.81. The van der Waals surface area contributed by atoms with E-state index in [0.717, 1.165) is 12.1 Å². The van der Waals surface area contributed by atoms with E-state index in [4.69, 9.17) is 5.73 Å². The van der Waals surface area contributed by atoms with Crippen LogP contribution in [0.3, 0.4) is 0 Å². The predicted octanol–water partition coefficient (Wildman–Crippen LogP) is 3.65. The smallest absolute Gasteiger partial charge is 0.349 e. The fraction of sp³-hybridized carbons (Fsp3) is 0.562. The highest BCUT2D eigenvalue weighted by Gasteiger charge is 2.34. The van der Waals surface area contributed by atoms with E-state index in [9.17, 15) is 18.0 Å². The fourth-order valence-corrected chi connectivity index (χ4v) is 2.37. The summed E-state index contributed by atoms with van der Waals surface area (Å²) in [4.78, 5) is 12.4. The van der Waals surface area contributed by atoms with Crippen molar-refractivity contribution in [2.45, 2.75) is 45.8 Å². The second-order valence-corrected chi connectivity index (χ2v) is 5.51. The van der Waals surface area contributed by atoms with Crippen LogP contribution in [0.1, 0.15) is 50.8 Å². The van der Waals surface area contributed by atoms with Crippen LogP contribution < -0.4 is 11.1 Å². The first-order valence-corrected chi connectivity index (χ1v) is 7.38. The number of amides is 1. The van der Waals surface area contributed by atoms with Crippen LogP contribution in [0.5, 0.6) is 0 Å². The van der Waals surface area contributed by atoms with Gasteiger partial charge >= 0.3 is 6.18 Å². The molecule has 0 spiro atoms. The maximum Gasteiger partial charge on any atom is 0.416 e. The highest BCUT2D eigenvalue weighted by molar-refractivity contribution is 5.83. The van der Waals surface area contributed by atoms with Crippen molar-refractivity contribution in [2.75, 3.05) is 6.54 Å². The standard InChI is InChI=1S/C16H23F3N2O/c1-4-15(5-2,10-20)14(22)21-11(3)12-7-6-8-13(9-12)16(17,18)19/h6-9,11H,4-5,10,20H2,1-3H3,(H,21,22). The molecule has 3 nitrogen and oxygen atoms in total. The molecule has 0 fully saturated rings. The average Bonchev–Trinajstić information content (AvgIpc) is 2.49. The van der Waals surface area contributed by atoms with Crippen molar-refractivity contribution >= 4 is 5.91 Å². The van der Waals surface area contributed by atoms with Crippen molar-refractivity contribution in [3.8, 4) is 0 Å². The van der Waals surface area contributed by atoms with Crippen molar-refractivity contribution in [1.82, 2.24) is 5.32 Å². The Hall–Kier alpha value is -1.56. The van der Waals surface area contributed by atoms with Gasteiger partial charge in [-0.25, -0.2) is 0 Å². The van der Waals surface area contributed by atoms with E-state index in [2.05, 4.69) is 5.32 Å². The lowest BCUT2D eigenvalue weighted by Crippen LogP contribution is -2.46. The highest BCUT2D eigenvalue weighted by atomic mass is 19.4. The van der Waals surface area contributed by atoms with Crippen molar-refractivity contribution in [2.24, 2.45) is 11.1 Å². The van der Waals surface area contributed by atoms with Gasteiger partial charge in [0.1, 0.15) is 0 Å². The predicted molar refractivity (Wildman–Crippen MR) is 80.1 cm³/mol. The van der Waals surface area contributed by atoms with Crippen LogP contribution in [0.4, 0.5) is 13.2 Å². The molecule has 0 aliphatic rings. The van der Waals surface area contributed by atoms with Gasteiger partial charge in [0.05, 0.1) is 17.0 Å². The van der Waals surface area contributed by atoms with Crippen LogP contribution in [0.25, 0.3) is 0 Å². The summed E-state index contributed by atoms with van der Waals surface area (Å²) in [7, 11) is 0. The summed E-state index contributed by atoms with van der Waals surface area (Å²) in [5.41, 5.74) is 4.74. The van der Waals surface area contributed by atoms with Gasteiger partial charge in [0.25, 0.3) is 0 Å². The van der Waals surface area contributed by atoms with E-state index in [1.54, 1.807) is 13.0 Å². The Bertz CT molecular complexity index is 502. The minimum absolute atomic E-state index is 0.209. The molecule has 1 atom stereocenters. The number of benzene rings is 1. The molecule has 3 N–H and O–H groups in total. The van der Waals surface area contributed by atoms with Crippen LogP contribution in [-0.2, 0) is 11.0 Å². The molecule has 0 aromatic heterocycles. The van der Waals surface area contributed by atoms with Gasteiger partial charge in [-0.2, -0.15) is 13.2 Å². The Labute approximate surface area is 129 Å². The van der Waals surface area contributed by atoms with Crippen molar-refractivity contribution in [1.29, 1.82) is 0 Å². The Kier molecular flexibility index (Phi) is 6.00. The quantitative estimate of drug-likeness (QED) is 0.842. The minimum atomic E-state index is -4.40. The van der Waals surface area contributed by atoms with E-state index < -0.39 is 23.2 Å². The first kappa shape index (κ1) is 18.5. The molecule has 1 unspecified atom stereocenters. The largest absolute Gasteiger partial charge is 0.416 e. The number of rotatable bonds is 6. The molecule has 0 aliphatic carbocycles. The lowest BCUT2D eigenvalue weighted by Gasteiger charge is -2.30. The van der Waals surface area contributed by atoms with Gasteiger partial charge < -0.3 is 11.1 Å². The average molecular weight is 316 g/mol. The van der Waals surface area contributed by atoms with Gasteiger partial charge in [0, 0.05) is 6.54 Å². The molecule has 0 saturated heterocycles. The van der Waals surface area contributed by atoms with Crippen molar-refractivity contribution < 1.29 is 18.0 Å². The number of carbonyl (C=O) groups is 1. The zero-order chi connectivity index (χ0) is 17.0. The van der Waals surface area contributed by atoms with Gasteiger partial charge in [-0.15, -0.1) is 0 Å². The third-order valence-corrected chi connectivity index (χ3v) is 4.29. The Morgan fingerprint density at radius 2 is 1.86 bits per heavy atom. The molecule has 0 radical (unpaired) electrons. The third kappa shape index (κ3) is 4.00. The Balaban J connectivity index is 2.94. The number of nitrogens with two attached hydrogens (primary N) is 1. The van der Waals surface area contributed by atoms with E-state index >= 15 is 0 Å². The van der Waals surface area contributed by atoms with E-state index in [0.29, 0.717) is 18.4 Å². The molecule has 22 heavy (non-hydrogen) atoms. The molecular formula is C16H23F3N2O. The summed E-state index contributed by atoms with van der Waals surface area (Å²) in [5, 5.41) is 2.78. The van der Waals surface area contributed by atoms with Gasteiger partial charge in [-0.05, 0) is 37.5 Å². The number of carbonyl (C=O) groups excluding carboxylic acids is 1. The number of alkyl halides is 3. The van der Waals surface area contributed by atoms with Gasteiger partial charge in [0.2, 0.25) is 5.91 Å². The molecule has 0 bridgehead atoms. The van der Waals surface area contributed by atoms with E-state index in [-0.39, 0.29) is 12.5 Å². The van der Waals surface area contributed by atoms with Gasteiger partial charge in [-0.1, -0.05) is 26.0 Å². The van der Waals surface area contributed by atoms with Crippen LogP contribution in [0, 0.1) is 5.41 Å². The highest BCUT2D eigenvalue weighted by Crippen LogP contribution is 2.31. The second-order valence-electron chi connectivity index (χ2n) is 5.51. The number of hydrogen-bond donors (Lipinski definition) is 2. The summed E-state index contributed by atoms with van der Waals surface area (Å²) in [5.74, 6) is -0.218. The number of halogens is 3. The van der Waals surface area contributed by atoms with Crippen molar-refractivity contribution in [3.63, 3.8) is 0 Å². The van der Waals surface area contributed by atoms with Crippen molar-refractivity contribution in [3.05, 3.63) is 35.4 Å². The normalized spacial score (nSPS) is 13.8. The zero-order valence-corrected chi connectivity index (χ0v) is 13.1.